The highest BCUT2D eigenvalue weighted by molar-refractivity contribution is 5.67. The van der Waals surface area contributed by atoms with Gasteiger partial charge in [0.05, 0.1) is 0 Å². The van der Waals surface area contributed by atoms with Gasteiger partial charge in [0.2, 0.25) is 0 Å². The molecule has 2 rings (SSSR count). The van der Waals surface area contributed by atoms with Gasteiger partial charge in [-0.05, 0) is 43.5 Å². The molecule has 1 atom stereocenters. The highest BCUT2D eigenvalue weighted by Gasteiger charge is 2.20. The van der Waals surface area contributed by atoms with Gasteiger partial charge in [-0.3, -0.25) is 4.98 Å². The molecule has 1 fully saturated rings. The fourth-order valence-corrected chi connectivity index (χ4v) is 2.29. The van der Waals surface area contributed by atoms with E-state index in [1.54, 1.807) is 12.4 Å². The van der Waals surface area contributed by atoms with Crippen LogP contribution in [0.25, 0.3) is 0 Å². The Hall–Kier alpha value is -1.42. The van der Waals surface area contributed by atoms with Gasteiger partial charge in [0, 0.05) is 37.4 Å². The minimum atomic E-state index is -0.904. The van der Waals surface area contributed by atoms with E-state index in [-0.39, 0.29) is 5.92 Å². The lowest BCUT2D eigenvalue weighted by Gasteiger charge is -2.33. The average molecular weight is 233 g/mol. The first kappa shape index (κ1) is 12.0. The third-order valence-electron chi connectivity index (χ3n) is 3.30. The van der Waals surface area contributed by atoms with Crippen LogP contribution in [0.4, 0.5) is 0 Å². The molecule has 0 N–H and O–H groups in total. The summed E-state index contributed by atoms with van der Waals surface area (Å²) < 4.78 is 0. The van der Waals surface area contributed by atoms with Crippen molar-refractivity contribution in [1.29, 1.82) is 0 Å². The van der Waals surface area contributed by atoms with Crippen molar-refractivity contribution >= 4 is 5.97 Å². The molecule has 0 bridgehead atoms. The minimum absolute atomic E-state index is 0.291. The Morgan fingerprint density at radius 3 is 2.94 bits per heavy atom. The van der Waals surface area contributed by atoms with Gasteiger partial charge in [-0.2, -0.15) is 0 Å². The number of aliphatic carboxylic acids is 1. The van der Waals surface area contributed by atoms with Crippen LogP contribution in [-0.4, -0.2) is 35.5 Å². The molecule has 0 amide bonds. The van der Waals surface area contributed by atoms with Gasteiger partial charge in [0.1, 0.15) is 0 Å². The van der Waals surface area contributed by atoms with Gasteiger partial charge in [-0.1, -0.05) is 0 Å². The molecule has 1 aliphatic heterocycles. The van der Waals surface area contributed by atoms with Crippen LogP contribution in [0.1, 0.15) is 18.4 Å². The van der Waals surface area contributed by atoms with E-state index >= 15 is 0 Å². The van der Waals surface area contributed by atoms with Crippen molar-refractivity contribution in [3.8, 4) is 0 Å². The summed E-state index contributed by atoms with van der Waals surface area (Å²) in [5.74, 6) is -1.19. The molecular weight excluding hydrogens is 216 g/mol. The number of pyridine rings is 1. The van der Waals surface area contributed by atoms with Crippen LogP contribution in [0.2, 0.25) is 0 Å². The summed E-state index contributed by atoms with van der Waals surface area (Å²) in [7, 11) is 0. The van der Waals surface area contributed by atoms with E-state index in [1.807, 2.05) is 12.1 Å². The van der Waals surface area contributed by atoms with Crippen LogP contribution in [0, 0.1) is 5.92 Å². The molecule has 2 heterocycles. The average Bonchev–Trinajstić information content (AvgIpc) is 2.38. The van der Waals surface area contributed by atoms with E-state index in [0.29, 0.717) is 6.54 Å². The maximum absolute atomic E-state index is 10.8. The van der Waals surface area contributed by atoms with Gasteiger partial charge in [0.25, 0.3) is 0 Å². The zero-order valence-corrected chi connectivity index (χ0v) is 9.84. The third-order valence-corrected chi connectivity index (χ3v) is 3.30. The predicted octanol–water partition coefficient (Wildman–Crippen LogP) is 0.0860. The number of rotatable bonds is 4. The van der Waals surface area contributed by atoms with Crippen molar-refractivity contribution < 1.29 is 9.90 Å². The van der Waals surface area contributed by atoms with E-state index in [1.165, 1.54) is 5.56 Å². The van der Waals surface area contributed by atoms with Gasteiger partial charge in [-0.15, -0.1) is 0 Å². The SMILES string of the molecule is O=C([O-])C1CCCN(CCc2ccncc2)C1. The fourth-order valence-electron chi connectivity index (χ4n) is 2.29. The lowest BCUT2D eigenvalue weighted by Crippen LogP contribution is -2.44. The van der Waals surface area contributed by atoms with Crippen LogP contribution in [0.5, 0.6) is 0 Å². The van der Waals surface area contributed by atoms with E-state index in [4.69, 9.17) is 0 Å². The molecule has 1 saturated heterocycles. The van der Waals surface area contributed by atoms with E-state index < -0.39 is 5.97 Å². The molecule has 0 aromatic carbocycles. The Morgan fingerprint density at radius 1 is 1.47 bits per heavy atom. The third kappa shape index (κ3) is 3.53. The lowest BCUT2D eigenvalue weighted by atomic mass is 9.98. The first-order valence-electron chi connectivity index (χ1n) is 6.08. The summed E-state index contributed by atoms with van der Waals surface area (Å²) in [6.45, 7) is 2.54. The van der Waals surface area contributed by atoms with E-state index in [2.05, 4.69) is 9.88 Å². The quantitative estimate of drug-likeness (QED) is 0.739. The smallest absolute Gasteiger partial charge is 0.0458 e. The zero-order chi connectivity index (χ0) is 12.1. The number of carbonyl (C=O) groups is 1. The zero-order valence-electron chi connectivity index (χ0n) is 9.84. The number of likely N-dealkylation sites (tertiary alicyclic amines) is 1. The van der Waals surface area contributed by atoms with Crippen molar-refractivity contribution in [2.75, 3.05) is 19.6 Å². The van der Waals surface area contributed by atoms with Gasteiger partial charge in [0.15, 0.2) is 0 Å². The summed E-state index contributed by atoms with van der Waals surface area (Å²) in [4.78, 5) is 17.0. The number of carbonyl (C=O) groups excluding carboxylic acids is 1. The van der Waals surface area contributed by atoms with Crippen molar-refractivity contribution in [3.05, 3.63) is 30.1 Å². The summed E-state index contributed by atoms with van der Waals surface area (Å²) in [6, 6.07) is 4.00. The molecule has 0 radical (unpaired) electrons. The standard InChI is InChI=1S/C13H18N2O2/c16-13(17)12-2-1-8-15(10-12)9-5-11-3-6-14-7-4-11/h3-4,6-7,12H,1-2,5,8-10H2,(H,16,17)/p-1. The molecule has 1 aromatic rings. The number of carboxylic acid groups (broad SMARTS) is 1. The molecule has 17 heavy (non-hydrogen) atoms. The lowest BCUT2D eigenvalue weighted by molar-refractivity contribution is -0.312. The van der Waals surface area contributed by atoms with Crippen LogP contribution in [0.15, 0.2) is 24.5 Å². The number of nitrogens with zero attached hydrogens (tertiary/aromatic N) is 2. The summed E-state index contributed by atoms with van der Waals surface area (Å²) in [5.41, 5.74) is 1.25. The Balaban J connectivity index is 1.81. The van der Waals surface area contributed by atoms with Gasteiger partial charge in [-0.25, -0.2) is 0 Å². The van der Waals surface area contributed by atoms with Crippen LogP contribution in [0.3, 0.4) is 0 Å². The van der Waals surface area contributed by atoms with Crippen LogP contribution in [-0.2, 0) is 11.2 Å². The Bertz CT molecular complexity index is 367. The van der Waals surface area contributed by atoms with Crippen molar-refractivity contribution in [3.63, 3.8) is 0 Å². The first-order chi connectivity index (χ1) is 8.25. The maximum atomic E-state index is 10.8. The molecule has 0 spiro atoms. The second-order valence-electron chi connectivity index (χ2n) is 4.56. The summed E-state index contributed by atoms with van der Waals surface area (Å²) in [5, 5.41) is 10.8. The number of hydrogen-bond acceptors (Lipinski definition) is 4. The maximum Gasteiger partial charge on any atom is 0.0458 e. The molecule has 4 nitrogen and oxygen atoms in total. The minimum Gasteiger partial charge on any atom is -0.550 e. The monoisotopic (exact) mass is 233 g/mol. The summed E-state index contributed by atoms with van der Waals surface area (Å²) in [6.07, 6.45) is 6.23. The second-order valence-corrected chi connectivity index (χ2v) is 4.56. The Kier molecular flexibility index (Phi) is 4.09. The van der Waals surface area contributed by atoms with Gasteiger partial charge < -0.3 is 14.8 Å². The Labute approximate surface area is 101 Å². The number of aromatic nitrogens is 1. The molecule has 4 heteroatoms. The highest BCUT2D eigenvalue weighted by Crippen LogP contribution is 2.16. The molecule has 0 saturated carbocycles. The number of carboxylic acids is 1. The Morgan fingerprint density at radius 2 is 2.24 bits per heavy atom. The largest absolute Gasteiger partial charge is 0.550 e. The molecule has 92 valence electrons. The summed E-state index contributed by atoms with van der Waals surface area (Å²) >= 11 is 0. The van der Waals surface area contributed by atoms with Gasteiger partial charge >= 0.3 is 0 Å². The first-order valence-corrected chi connectivity index (χ1v) is 6.08. The highest BCUT2D eigenvalue weighted by atomic mass is 16.4. The van der Waals surface area contributed by atoms with E-state index in [9.17, 15) is 9.90 Å². The number of piperidine rings is 1. The molecule has 1 unspecified atom stereocenters. The predicted molar refractivity (Wildman–Crippen MR) is 62.1 cm³/mol. The van der Waals surface area contributed by atoms with E-state index in [0.717, 1.165) is 32.4 Å². The molecule has 1 aromatic heterocycles. The van der Waals surface area contributed by atoms with Crippen LogP contribution < -0.4 is 5.11 Å². The second kappa shape index (κ2) is 5.77. The molecular formula is C13H17N2O2-. The normalized spacial score (nSPS) is 21.3. The fraction of sp³-hybridized carbons (Fsp3) is 0.538. The van der Waals surface area contributed by atoms with Crippen molar-refractivity contribution in [2.45, 2.75) is 19.3 Å². The topological polar surface area (TPSA) is 56.3 Å². The number of hydrogen-bond donors (Lipinski definition) is 0. The van der Waals surface area contributed by atoms with Crippen molar-refractivity contribution in [2.24, 2.45) is 5.92 Å². The molecule has 0 aliphatic carbocycles. The molecule has 1 aliphatic rings. The van der Waals surface area contributed by atoms with Crippen molar-refractivity contribution in [1.82, 2.24) is 9.88 Å². The van der Waals surface area contributed by atoms with Crippen LogP contribution >= 0.6 is 0 Å².